The van der Waals surface area contributed by atoms with Crippen LogP contribution in [0.25, 0.3) is 11.0 Å². The number of carbonyl (C=O) groups is 3. The first kappa shape index (κ1) is 23.8. The zero-order valence-corrected chi connectivity index (χ0v) is 20.1. The third kappa shape index (κ3) is 4.26. The Morgan fingerprint density at radius 1 is 1.15 bits per heavy atom. The Labute approximate surface area is 196 Å². The largest absolute Gasteiger partial charge is 0.444 e. The Morgan fingerprint density at radius 2 is 1.85 bits per heavy atom. The lowest BCUT2D eigenvalue weighted by Gasteiger charge is -2.41. The summed E-state index contributed by atoms with van der Waals surface area (Å²) < 4.78 is 23.5. The molecule has 3 heterocycles. The number of imidazole rings is 1. The van der Waals surface area contributed by atoms with E-state index in [9.17, 15) is 19.2 Å². The van der Waals surface area contributed by atoms with Gasteiger partial charge in [0.05, 0.1) is 16.7 Å². The maximum Gasteiger partial charge on any atom is 0.410 e. The monoisotopic (exact) mass is 475 g/mol. The minimum Gasteiger partial charge on any atom is -0.444 e. The summed E-state index contributed by atoms with van der Waals surface area (Å²) in [6.07, 6.45) is -0.116. The van der Waals surface area contributed by atoms with E-state index in [0.717, 1.165) is 0 Å². The lowest BCUT2D eigenvalue weighted by molar-refractivity contribution is -0.135. The van der Waals surface area contributed by atoms with Gasteiger partial charge in [0.1, 0.15) is 17.5 Å². The summed E-state index contributed by atoms with van der Waals surface area (Å²) in [5.74, 6) is -1.48. The van der Waals surface area contributed by atoms with Crippen molar-refractivity contribution in [1.29, 1.82) is 0 Å². The molecule has 0 spiro atoms. The van der Waals surface area contributed by atoms with Gasteiger partial charge in [0.15, 0.2) is 0 Å². The predicted molar refractivity (Wildman–Crippen MR) is 123 cm³/mol. The van der Waals surface area contributed by atoms with E-state index >= 15 is 4.39 Å². The molecule has 1 aromatic heterocycles. The SMILES string of the molecule is C[C@@H]1CN(C(=O)OC(C)(C)C)CCN1c1cc2c(cc1F)n(C1CCC(=O)NC1=O)c(=O)n2C. The van der Waals surface area contributed by atoms with Crippen molar-refractivity contribution in [2.75, 3.05) is 24.5 Å². The van der Waals surface area contributed by atoms with E-state index in [1.807, 2.05) is 11.8 Å². The Kier molecular flexibility index (Phi) is 5.91. The summed E-state index contributed by atoms with van der Waals surface area (Å²) >= 11 is 0. The van der Waals surface area contributed by atoms with Crippen LogP contribution in [-0.4, -0.2) is 63.2 Å². The predicted octanol–water partition coefficient (Wildman–Crippen LogP) is 1.90. The summed E-state index contributed by atoms with van der Waals surface area (Å²) in [4.78, 5) is 52.8. The molecule has 1 aromatic carbocycles. The first-order valence-electron chi connectivity index (χ1n) is 11.4. The molecule has 34 heavy (non-hydrogen) atoms. The van der Waals surface area contributed by atoms with Crippen molar-refractivity contribution in [3.63, 3.8) is 0 Å². The number of carbonyl (C=O) groups excluding carboxylic acids is 3. The standard InChI is InChI=1S/C23H30FN5O5/c1-13-12-27(22(33)34-23(2,3)4)8-9-28(13)16-11-17-18(10-14(16)24)29(21(32)26(17)5)15-6-7-19(30)25-20(15)31/h10-11,13,15H,6-9,12H2,1-5H3,(H,25,30,31)/t13-,15?/m1/s1. The minimum atomic E-state index is -0.879. The number of ether oxygens (including phenoxy) is 1. The number of aromatic nitrogens is 2. The zero-order valence-electron chi connectivity index (χ0n) is 20.1. The second-order valence-electron chi connectivity index (χ2n) is 9.94. The van der Waals surface area contributed by atoms with E-state index in [1.165, 1.54) is 15.2 Å². The first-order valence-corrected chi connectivity index (χ1v) is 11.4. The molecule has 2 aromatic rings. The summed E-state index contributed by atoms with van der Waals surface area (Å²) in [7, 11) is 1.57. The molecule has 3 amide bonds. The molecule has 2 aliphatic heterocycles. The second kappa shape index (κ2) is 8.44. The van der Waals surface area contributed by atoms with Crippen molar-refractivity contribution >= 4 is 34.6 Å². The van der Waals surface area contributed by atoms with Gasteiger partial charge in [-0.1, -0.05) is 0 Å². The number of nitrogens with zero attached hydrogens (tertiary/aromatic N) is 4. The normalized spacial score (nSPS) is 21.7. The number of imide groups is 1. The fourth-order valence-electron chi connectivity index (χ4n) is 4.63. The number of piperidine rings is 1. The van der Waals surface area contributed by atoms with Gasteiger partial charge in [-0.05, 0) is 40.2 Å². The van der Waals surface area contributed by atoms with E-state index in [2.05, 4.69) is 5.32 Å². The van der Waals surface area contributed by atoms with Crippen LogP contribution < -0.4 is 15.9 Å². The third-order valence-corrected chi connectivity index (χ3v) is 6.27. The number of hydrogen-bond acceptors (Lipinski definition) is 6. The third-order valence-electron chi connectivity index (χ3n) is 6.27. The van der Waals surface area contributed by atoms with Gasteiger partial charge in [-0.15, -0.1) is 0 Å². The summed E-state index contributed by atoms with van der Waals surface area (Å²) in [6, 6.07) is 1.80. The second-order valence-corrected chi connectivity index (χ2v) is 9.94. The average Bonchev–Trinajstić information content (AvgIpc) is 2.96. The molecule has 0 saturated carbocycles. The molecular formula is C23H30FN5O5. The van der Waals surface area contributed by atoms with Crippen LogP contribution >= 0.6 is 0 Å². The lowest BCUT2D eigenvalue weighted by Crippen LogP contribution is -2.54. The lowest BCUT2D eigenvalue weighted by atomic mass is 10.1. The maximum atomic E-state index is 15.4. The van der Waals surface area contributed by atoms with Crippen molar-refractivity contribution < 1.29 is 23.5 Å². The number of nitrogens with one attached hydrogen (secondary N) is 1. The van der Waals surface area contributed by atoms with E-state index < -0.39 is 35.2 Å². The van der Waals surface area contributed by atoms with Crippen LogP contribution in [0.5, 0.6) is 0 Å². The number of amides is 3. The highest BCUT2D eigenvalue weighted by Crippen LogP contribution is 2.31. The number of fused-ring (bicyclic) bond motifs is 1. The highest BCUT2D eigenvalue weighted by molar-refractivity contribution is 6.00. The minimum absolute atomic E-state index is 0.110. The fourth-order valence-corrected chi connectivity index (χ4v) is 4.63. The Balaban J connectivity index is 1.64. The summed E-state index contributed by atoms with van der Waals surface area (Å²) in [5.41, 5.74) is 0.0367. The molecule has 0 bridgehead atoms. The van der Waals surface area contributed by atoms with Gasteiger partial charge in [-0.2, -0.15) is 0 Å². The highest BCUT2D eigenvalue weighted by atomic mass is 19.1. The number of hydrogen-bond donors (Lipinski definition) is 1. The van der Waals surface area contributed by atoms with E-state index in [4.69, 9.17) is 4.74 Å². The highest BCUT2D eigenvalue weighted by Gasteiger charge is 2.34. The van der Waals surface area contributed by atoms with Crippen molar-refractivity contribution in [3.8, 4) is 0 Å². The van der Waals surface area contributed by atoms with Crippen molar-refractivity contribution in [2.45, 2.75) is 58.2 Å². The molecule has 2 aliphatic rings. The maximum absolute atomic E-state index is 15.4. The van der Waals surface area contributed by atoms with Crippen molar-refractivity contribution in [1.82, 2.24) is 19.4 Å². The van der Waals surface area contributed by atoms with Crippen molar-refractivity contribution in [3.05, 3.63) is 28.4 Å². The molecule has 184 valence electrons. The quantitative estimate of drug-likeness (QED) is 0.665. The Bertz CT molecular complexity index is 1230. The van der Waals surface area contributed by atoms with Crippen LogP contribution in [0.3, 0.4) is 0 Å². The molecule has 1 N–H and O–H groups in total. The van der Waals surface area contributed by atoms with Crippen LogP contribution in [0.4, 0.5) is 14.9 Å². The number of benzene rings is 1. The number of rotatable bonds is 2. The molecule has 2 saturated heterocycles. The van der Waals surface area contributed by atoms with Gasteiger partial charge >= 0.3 is 11.8 Å². The van der Waals surface area contributed by atoms with Gasteiger partial charge in [-0.3, -0.25) is 24.0 Å². The number of piperazine rings is 1. The molecule has 0 radical (unpaired) electrons. The zero-order chi connectivity index (χ0) is 24.9. The average molecular weight is 476 g/mol. The Morgan fingerprint density at radius 3 is 2.47 bits per heavy atom. The summed E-state index contributed by atoms with van der Waals surface area (Å²) in [5, 5.41) is 2.25. The molecule has 10 nitrogen and oxygen atoms in total. The van der Waals surface area contributed by atoms with Crippen molar-refractivity contribution in [2.24, 2.45) is 7.05 Å². The molecule has 0 aliphatic carbocycles. The van der Waals surface area contributed by atoms with Gasteiger partial charge in [0.2, 0.25) is 11.8 Å². The molecule has 1 unspecified atom stereocenters. The smallest absolute Gasteiger partial charge is 0.410 e. The molecule has 2 atom stereocenters. The molecule has 4 rings (SSSR count). The van der Waals surface area contributed by atoms with Crippen LogP contribution in [0.15, 0.2) is 16.9 Å². The van der Waals surface area contributed by atoms with Crippen LogP contribution in [0.1, 0.15) is 46.6 Å². The molecular weight excluding hydrogens is 445 g/mol. The first-order chi connectivity index (χ1) is 15.9. The summed E-state index contributed by atoms with van der Waals surface area (Å²) in [6.45, 7) is 8.44. The van der Waals surface area contributed by atoms with E-state index in [-0.39, 0.29) is 24.8 Å². The Hall–Kier alpha value is -3.37. The van der Waals surface area contributed by atoms with Gasteiger partial charge in [0.25, 0.3) is 0 Å². The fraction of sp³-hybridized carbons (Fsp3) is 0.565. The number of anilines is 1. The van der Waals surface area contributed by atoms with E-state index in [1.54, 1.807) is 38.8 Å². The topological polar surface area (TPSA) is 106 Å². The van der Waals surface area contributed by atoms with E-state index in [0.29, 0.717) is 36.4 Å². The van der Waals surface area contributed by atoms with Gasteiger partial charge in [0, 0.05) is 45.2 Å². The van der Waals surface area contributed by atoms with Crippen LogP contribution in [0, 0.1) is 5.82 Å². The molecule has 11 heteroatoms. The number of aryl methyl sites for hydroxylation is 1. The van der Waals surface area contributed by atoms with Crippen LogP contribution in [0.2, 0.25) is 0 Å². The van der Waals surface area contributed by atoms with Gasteiger partial charge in [-0.25, -0.2) is 14.0 Å². The van der Waals surface area contributed by atoms with Crippen LogP contribution in [-0.2, 0) is 21.4 Å². The number of halogens is 1. The van der Waals surface area contributed by atoms with Gasteiger partial charge < -0.3 is 14.5 Å². The molecule has 2 fully saturated rings.